The molecular weight excluding hydrogens is 118 g/mol. The number of oxazole rings is 1. The zero-order valence-corrected chi connectivity index (χ0v) is 4.61. The molecule has 2 aromatic rings. The quantitative estimate of drug-likeness (QED) is 0.572. The molecule has 0 unspecified atom stereocenters. The topological polar surface area (TPSA) is 37.8 Å². The monoisotopic (exact) mass is 123 g/mol. The summed E-state index contributed by atoms with van der Waals surface area (Å²) in [5.41, 5.74) is 0.660. The van der Waals surface area contributed by atoms with Crippen LogP contribution in [0.4, 0.5) is 0 Å². The van der Waals surface area contributed by atoms with Crippen molar-refractivity contribution in [2.45, 2.75) is 0 Å². The summed E-state index contributed by atoms with van der Waals surface area (Å²) >= 11 is 0. The summed E-state index contributed by atoms with van der Waals surface area (Å²) in [5.74, 6) is -0.0504. The maximum atomic E-state index is 8.76. The van der Waals surface area contributed by atoms with Crippen LogP contribution in [0.2, 0.25) is 0 Å². The van der Waals surface area contributed by atoms with Crippen LogP contribution in [0.1, 0.15) is 0 Å². The van der Waals surface area contributed by atoms with Crippen LogP contribution in [0.25, 0.3) is 5.71 Å². The van der Waals surface area contributed by atoms with E-state index in [0.29, 0.717) is 5.71 Å². The second-order valence-corrected chi connectivity index (χ2v) is 1.82. The Balaban J connectivity index is 2.92. The molecule has 0 saturated heterocycles. The lowest BCUT2D eigenvalue weighted by atomic mass is 10.7. The molecule has 2 rings (SSSR count). The van der Waals surface area contributed by atoms with E-state index in [0.717, 1.165) is 0 Å². The van der Waals surface area contributed by atoms with Crippen LogP contribution in [-0.2, 0) is 0 Å². The van der Waals surface area contributed by atoms with Crippen LogP contribution in [-0.4, -0.2) is 9.51 Å². The van der Waals surface area contributed by atoms with Crippen LogP contribution in [0.3, 0.4) is 0 Å². The molecule has 0 aromatic carbocycles. The normalized spacial score (nSPS) is 10.7. The van der Waals surface area contributed by atoms with Gasteiger partial charge in [-0.3, -0.25) is 4.40 Å². The Kier molecular flexibility index (Phi) is 0.656. The fraction of sp³-hybridized carbons (Fsp3) is 0. The molecule has 0 bridgehead atoms. The predicted octanol–water partition coefficient (Wildman–Crippen LogP) is 1.24. The maximum absolute atomic E-state index is 8.76. The lowest BCUT2D eigenvalue weighted by molar-refractivity contribution is 0.346. The van der Waals surface area contributed by atoms with Gasteiger partial charge in [0.15, 0.2) is 0 Å². The first-order valence-corrected chi connectivity index (χ1v) is 2.62. The fourth-order valence-corrected chi connectivity index (χ4v) is 0.823. The zero-order chi connectivity index (χ0) is 6.27. The van der Waals surface area contributed by atoms with Crippen molar-refractivity contribution in [3.63, 3.8) is 0 Å². The number of aromatic hydroxyl groups is 1. The Labute approximate surface area is 51.1 Å². The number of aromatic nitrogens is 1. The van der Waals surface area contributed by atoms with Gasteiger partial charge in [0, 0.05) is 12.3 Å². The molecule has 9 heavy (non-hydrogen) atoms. The van der Waals surface area contributed by atoms with Crippen LogP contribution in [0, 0.1) is 0 Å². The summed E-state index contributed by atoms with van der Waals surface area (Å²) < 4.78 is 6.53. The fourth-order valence-electron chi connectivity index (χ4n) is 0.823. The van der Waals surface area contributed by atoms with Crippen LogP contribution in [0.5, 0.6) is 5.95 Å². The second kappa shape index (κ2) is 1.31. The highest BCUT2D eigenvalue weighted by Gasteiger charge is 1.97. The van der Waals surface area contributed by atoms with Crippen LogP contribution < -0.4 is 0 Å². The van der Waals surface area contributed by atoms with E-state index >= 15 is 0 Å². The van der Waals surface area contributed by atoms with E-state index in [-0.39, 0.29) is 5.95 Å². The summed E-state index contributed by atoms with van der Waals surface area (Å²) in [6.45, 7) is 0. The molecular formula is C6H5NO2. The Morgan fingerprint density at radius 2 is 2.44 bits per heavy atom. The molecule has 0 spiro atoms. The van der Waals surface area contributed by atoms with Crippen molar-refractivity contribution in [3.8, 4) is 5.95 Å². The highest BCUT2D eigenvalue weighted by Crippen LogP contribution is 2.14. The molecule has 1 N–H and O–H groups in total. The third-order valence-electron chi connectivity index (χ3n) is 1.20. The molecule has 0 aliphatic rings. The van der Waals surface area contributed by atoms with Gasteiger partial charge in [0.05, 0.1) is 6.20 Å². The molecule has 0 fully saturated rings. The summed E-state index contributed by atoms with van der Waals surface area (Å²) in [4.78, 5) is 0. The summed E-state index contributed by atoms with van der Waals surface area (Å²) in [5, 5.41) is 8.76. The predicted molar refractivity (Wildman–Crippen MR) is 31.3 cm³/mol. The summed E-state index contributed by atoms with van der Waals surface area (Å²) in [7, 11) is 0. The Morgan fingerprint density at radius 3 is 3.22 bits per heavy atom. The molecule has 0 aliphatic heterocycles. The van der Waals surface area contributed by atoms with Gasteiger partial charge in [-0.15, -0.1) is 0 Å². The number of nitrogens with zero attached hydrogens (tertiary/aromatic N) is 1. The van der Waals surface area contributed by atoms with Gasteiger partial charge in [0.2, 0.25) is 5.71 Å². The third-order valence-corrected chi connectivity index (χ3v) is 1.20. The van der Waals surface area contributed by atoms with Crippen molar-refractivity contribution in [2.75, 3.05) is 0 Å². The first kappa shape index (κ1) is 4.49. The minimum atomic E-state index is -0.0504. The standard InChI is InChI=1S/C6H5NO2/c8-6-4-7-3-1-2-5(7)9-6/h1-4,8H. The van der Waals surface area contributed by atoms with Gasteiger partial charge in [-0.2, -0.15) is 0 Å². The molecule has 0 atom stereocenters. The van der Waals surface area contributed by atoms with Crippen molar-refractivity contribution < 1.29 is 9.52 Å². The Bertz CT molecular complexity index is 292. The number of fused-ring (bicyclic) bond motifs is 1. The van der Waals surface area contributed by atoms with Crippen molar-refractivity contribution in [1.82, 2.24) is 4.40 Å². The van der Waals surface area contributed by atoms with E-state index in [9.17, 15) is 0 Å². The average molecular weight is 123 g/mol. The van der Waals surface area contributed by atoms with Crippen molar-refractivity contribution in [2.24, 2.45) is 0 Å². The van der Waals surface area contributed by atoms with Crippen molar-refractivity contribution in [1.29, 1.82) is 0 Å². The SMILES string of the molecule is Oc1cn2cccc2o1. The summed E-state index contributed by atoms with van der Waals surface area (Å²) in [6.07, 6.45) is 3.31. The second-order valence-electron chi connectivity index (χ2n) is 1.82. The van der Waals surface area contributed by atoms with Gasteiger partial charge >= 0.3 is 5.95 Å². The first-order valence-electron chi connectivity index (χ1n) is 2.62. The van der Waals surface area contributed by atoms with E-state index in [1.807, 2.05) is 6.07 Å². The Morgan fingerprint density at radius 1 is 1.56 bits per heavy atom. The number of hydrogen-bond donors (Lipinski definition) is 1. The number of hydrogen-bond acceptors (Lipinski definition) is 2. The lowest BCUT2D eigenvalue weighted by Crippen LogP contribution is -1.65. The van der Waals surface area contributed by atoms with Crippen LogP contribution in [0.15, 0.2) is 28.9 Å². The van der Waals surface area contributed by atoms with Gasteiger partial charge < -0.3 is 9.52 Å². The van der Waals surface area contributed by atoms with E-state index in [2.05, 4.69) is 0 Å². The zero-order valence-electron chi connectivity index (χ0n) is 4.61. The van der Waals surface area contributed by atoms with E-state index < -0.39 is 0 Å². The van der Waals surface area contributed by atoms with Crippen molar-refractivity contribution >= 4 is 5.71 Å². The lowest BCUT2D eigenvalue weighted by Gasteiger charge is -1.71. The third kappa shape index (κ3) is 0.512. The highest BCUT2D eigenvalue weighted by atomic mass is 16.5. The molecule has 2 aromatic heterocycles. The minimum absolute atomic E-state index is 0.0504. The Hall–Kier alpha value is -1.38. The molecule has 0 radical (unpaired) electrons. The smallest absolute Gasteiger partial charge is 0.301 e. The minimum Gasteiger partial charge on any atom is -0.480 e. The maximum Gasteiger partial charge on any atom is 0.301 e. The molecule has 0 amide bonds. The van der Waals surface area contributed by atoms with E-state index in [1.165, 1.54) is 6.20 Å². The molecule has 2 heterocycles. The van der Waals surface area contributed by atoms with Crippen molar-refractivity contribution in [3.05, 3.63) is 24.5 Å². The molecule has 0 saturated carbocycles. The largest absolute Gasteiger partial charge is 0.480 e. The molecule has 3 heteroatoms. The molecule has 0 aliphatic carbocycles. The van der Waals surface area contributed by atoms with Gasteiger partial charge in [-0.05, 0) is 6.07 Å². The van der Waals surface area contributed by atoms with Gasteiger partial charge in [0.25, 0.3) is 0 Å². The highest BCUT2D eigenvalue weighted by molar-refractivity contribution is 5.36. The van der Waals surface area contributed by atoms with Gasteiger partial charge in [0.1, 0.15) is 0 Å². The first-order chi connectivity index (χ1) is 4.36. The average Bonchev–Trinajstić information content (AvgIpc) is 2.22. The van der Waals surface area contributed by atoms with E-state index in [1.54, 1.807) is 16.7 Å². The van der Waals surface area contributed by atoms with Gasteiger partial charge in [-0.25, -0.2) is 0 Å². The molecule has 3 nitrogen and oxygen atoms in total. The van der Waals surface area contributed by atoms with Gasteiger partial charge in [-0.1, -0.05) is 0 Å². The van der Waals surface area contributed by atoms with E-state index in [4.69, 9.17) is 9.52 Å². The molecule has 46 valence electrons. The van der Waals surface area contributed by atoms with Crippen LogP contribution >= 0.6 is 0 Å². The summed E-state index contributed by atoms with van der Waals surface area (Å²) in [6, 6.07) is 3.62. The number of rotatable bonds is 0.